The summed E-state index contributed by atoms with van der Waals surface area (Å²) in [6.45, 7) is 1.53. The molecule has 2 amide bonds. The topological polar surface area (TPSA) is 98.6 Å². The van der Waals surface area contributed by atoms with E-state index in [4.69, 9.17) is 0 Å². The molecule has 0 radical (unpaired) electrons. The average molecular weight is 418 g/mol. The number of aliphatic hydroxyl groups excluding tert-OH is 1. The molecule has 158 valence electrons. The number of para-hydroxylation sites is 2. The second kappa shape index (κ2) is 7.64. The maximum Gasteiger partial charge on any atom is 0.330 e. The zero-order chi connectivity index (χ0) is 21.5. The number of amides is 2. The molecule has 5 rings (SSSR count). The van der Waals surface area contributed by atoms with Crippen molar-refractivity contribution in [3.8, 4) is 0 Å². The number of imidazole rings is 1. The van der Waals surface area contributed by atoms with E-state index in [9.17, 15) is 19.5 Å². The van der Waals surface area contributed by atoms with E-state index >= 15 is 0 Å². The lowest BCUT2D eigenvalue weighted by Gasteiger charge is -2.29. The van der Waals surface area contributed by atoms with Crippen molar-refractivity contribution in [2.45, 2.75) is 12.5 Å². The van der Waals surface area contributed by atoms with Gasteiger partial charge in [0.2, 0.25) is 0 Å². The highest BCUT2D eigenvalue weighted by molar-refractivity contribution is 6.21. The predicted molar refractivity (Wildman–Crippen MR) is 116 cm³/mol. The van der Waals surface area contributed by atoms with Crippen LogP contribution in [0.5, 0.6) is 0 Å². The Morgan fingerprint density at radius 3 is 2.29 bits per heavy atom. The second-order valence-corrected chi connectivity index (χ2v) is 7.91. The third kappa shape index (κ3) is 3.39. The third-order valence-electron chi connectivity index (χ3n) is 5.89. The molecule has 3 aromatic rings. The first-order valence-electron chi connectivity index (χ1n) is 10.3. The molecule has 2 aromatic carbocycles. The number of hydrogen-bond donors (Lipinski definition) is 2. The van der Waals surface area contributed by atoms with E-state index in [2.05, 4.69) is 4.98 Å². The molecule has 0 fully saturated rings. The number of fused-ring (bicyclic) bond motifs is 2. The molecule has 1 aromatic heterocycles. The number of benzene rings is 2. The van der Waals surface area contributed by atoms with Crippen molar-refractivity contribution in [3.05, 3.63) is 76.2 Å². The minimum absolute atomic E-state index is 0.0404. The van der Waals surface area contributed by atoms with Crippen LogP contribution in [0.2, 0.25) is 0 Å². The highest BCUT2D eigenvalue weighted by Crippen LogP contribution is 2.23. The van der Waals surface area contributed by atoms with Gasteiger partial charge >= 0.3 is 5.69 Å². The van der Waals surface area contributed by atoms with Gasteiger partial charge in [-0.2, -0.15) is 0 Å². The van der Waals surface area contributed by atoms with Crippen LogP contribution in [0.4, 0.5) is 0 Å². The quantitative estimate of drug-likeness (QED) is 0.613. The van der Waals surface area contributed by atoms with Crippen LogP contribution in [0.1, 0.15) is 27.1 Å². The minimum Gasteiger partial charge on any atom is -0.390 e. The van der Waals surface area contributed by atoms with Crippen LogP contribution in [0, 0.1) is 0 Å². The fourth-order valence-electron chi connectivity index (χ4n) is 4.38. The third-order valence-corrected chi connectivity index (χ3v) is 5.89. The van der Waals surface area contributed by atoms with E-state index in [0.29, 0.717) is 37.2 Å². The molecule has 31 heavy (non-hydrogen) atoms. The monoisotopic (exact) mass is 418 g/mol. The first kappa shape index (κ1) is 19.5. The Balaban J connectivity index is 1.24. The number of aliphatic hydroxyl groups is 1. The minimum atomic E-state index is -0.854. The number of aromatic amines is 1. The van der Waals surface area contributed by atoms with Crippen LogP contribution in [-0.2, 0) is 0 Å². The number of carbonyl (C=O) groups is 2. The molecule has 2 aliphatic rings. The summed E-state index contributed by atoms with van der Waals surface area (Å²) in [7, 11) is 0. The molecule has 2 N–H and O–H groups in total. The number of aromatic nitrogens is 2. The van der Waals surface area contributed by atoms with E-state index in [0.717, 1.165) is 21.6 Å². The Labute approximate surface area is 178 Å². The van der Waals surface area contributed by atoms with Gasteiger partial charge in [0.1, 0.15) is 0 Å². The van der Waals surface area contributed by atoms with Gasteiger partial charge in [0.15, 0.2) is 0 Å². The first-order chi connectivity index (χ1) is 15.0. The van der Waals surface area contributed by atoms with E-state index in [1.165, 1.54) is 0 Å². The number of nitrogens with zero attached hydrogens (tertiary/aromatic N) is 3. The molecule has 8 nitrogen and oxygen atoms in total. The number of H-pyrrole nitrogens is 1. The predicted octanol–water partition coefficient (Wildman–Crippen LogP) is 1.53. The second-order valence-electron chi connectivity index (χ2n) is 7.91. The first-order valence-corrected chi connectivity index (χ1v) is 10.3. The number of imide groups is 1. The van der Waals surface area contributed by atoms with Crippen LogP contribution in [0.25, 0.3) is 16.7 Å². The maximum atomic E-state index is 12.5. The van der Waals surface area contributed by atoms with Crippen molar-refractivity contribution in [2.24, 2.45) is 0 Å². The summed E-state index contributed by atoms with van der Waals surface area (Å²) >= 11 is 0. The highest BCUT2D eigenvalue weighted by Gasteiger charge is 2.36. The van der Waals surface area contributed by atoms with Crippen molar-refractivity contribution in [1.29, 1.82) is 0 Å². The van der Waals surface area contributed by atoms with E-state index in [1.54, 1.807) is 28.8 Å². The summed E-state index contributed by atoms with van der Waals surface area (Å²) in [6.07, 6.45) is 1.79. The van der Waals surface area contributed by atoms with E-state index < -0.39 is 6.10 Å². The number of carbonyl (C=O) groups excluding carboxylic acids is 2. The van der Waals surface area contributed by atoms with Crippen LogP contribution in [0.3, 0.4) is 0 Å². The Bertz CT molecular complexity index is 1240. The molecule has 0 spiro atoms. The van der Waals surface area contributed by atoms with Gasteiger partial charge < -0.3 is 10.1 Å². The lowest BCUT2D eigenvalue weighted by atomic mass is 10.1. The van der Waals surface area contributed by atoms with E-state index in [1.807, 2.05) is 35.2 Å². The summed E-state index contributed by atoms with van der Waals surface area (Å²) < 4.78 is 1.70. The Morgan fingerprint density at radius 2 is 1.61 bits per heavy atom. The van der Waals surface area contributed by atoms with Crippen molar-refractivity contribution >= 4 is 28.5 Å². The largest absolute Gasteiger partial charge is 0.390 e. The van der Waals surface area contributed by atoms with E-state index in [-0.39, 0.29) is 24.0 Å². The van der Waals surface area contributed by atoms with Crippen LogP contribution in [0.15, 0.2) is 59.4 Å². The Hall–Kier alpha value is -3.49. The van der Waals surface area contributed by atoms with Crippen molar-refractivity contribution in [2.75, 3.05) is 26.2 Å². The van der Waals surface area contributed by atoms with Crippen LogP contribution in [-0.4, -0.2) is 68.6 Å². The lowest BCUT2D eigenvalue weighted by Crippen LogP contribution is -2.43. The average Bonchev–Trinajstić information content (AvgIpc) is 3.23. The molecular formula is C23H22N4O4. The van der Waals surface area contributed by atoms with Gasteiger partial charge in [0, 0.05) is 31.8 Å². The summed E-state index contributed by atoms with van der Waals surface area (Å²) in [5.74, 6) is -0.724. The summed E-state index contributed by atoms with van der Waals surface area (Å²) in [5.41, 5.74) is 3.17. The molecule has 8 heteroatoms. The molecule has 0 saturated carbocycles. The zero-order valence-electron chi connectivity index (χ0n) is 16.8. The molecule has 1 atom stereocenters. The molecule has 0 aliphatic carbocycles. The van der Waals surface area contributed by atoms with Crippen LogP contribution >= 0.6 is 0 Å². The molecule has 1 unspecified atom stereocenters. The number of rotatable bonds is 5. The highest BCUT2D eigenvalue weighted by atomic mass is 16.3. The van der Waals surface area contributed by atoms with Crippen LogP contribution < -0.4 is 5.69 Å². The number of nitrogens with one attached hydrogen (secondary N) is 1. The SMILES string of the molecule is O=C1c2ccccc2C(=O)N1CC(O)CN1CC=C(n2c(=O)[nH]c3ccccc32)CC1. The van der Waals surface area contributed by atoms with Gasteiger partial charge in [-0.25, -0.2) is 4.79 Å². The van der Waals surface area contributed by atoms with Gasteiger partial charge in [-0.1, -0.05) is 30.3 Å². The zero-order valence-corrected chi connectivity index (χ0v) is 16.8. The van der Waals surface area contributed by atoms with Crippen molar-refractivity contribution in [1.82, 2.24) is 19.4 Å². The Kier molecular flexibility index (Phi) is 4.80. The molecular weight excluding hydrogens is 396 g/mol. The molecule has 0 saturated heterocycles. The summed E-state index contributed by atoms with van der Waals surface area (Å²) in [4.78, 5) is 43.4. The summed E-state index contributed by atoms with van der Waals surface area (Å²) in [5, 5.41) is 10.5. The Morgan fingerprint density at radius 1 is 0.935 bits per heavy atom. The van der Waals surface area contributed by atoms with Gasteiger partial charge in [0.25, 0.3) is 11.8 Å². The number of β-amino-alcohol motifs (C(OH)–C–C–N with tert-alkyl or cyclic N) is 1. The fourth-order valence-corrected chi connectivity index (χ4v) is 4.38. The van der Waals surface area contributed by atoms with Gasteiger partial charge in [-0.15, -0.1) is 0 Å². The lowest BCUT2D eigenvalue weighted by molar-refractivity contribution is 0.0482. The molecule has 2 aliphatic heterocycles. The number of hydrogen-bond acceptors (Lipinski definition) is 5. The standard InChI is InChI=1S/C23H22N4O4/c28-16(14-26-21(29)17-5-1-2-6-18(17)22(26)30)13-25-11-9-15(10-12-25)27-20-8-4-3-7-19(20)24-23(27)31/h1-9,16,28H,10-14H2,(H,24,31). The van der Waals surface area contributed by atoms with Crippen molar-refractivity contribution in [3.63, 3.8) is 0 Å². The van der Waals surface area contributed by atoms with Gasteiger partial charge in [-0.3, -0.25) is 24.0 Å². The van der Waals surface area contributed by atoms with Gasteiger partial charge in [0.05, 0.1) is 34.8 Å². The smallest absolute Gasteiger partial charge is 0.330 e. The van der Waals surface area contributed by atoms with Crippen molar-refractivity contribution < 1.29 is 14.7 Å². The maximum absolute atomic E-state index is 12.5. The van der Waals surface area contributed by atoms with Gasteiger partial charge in [-0.05, 0) is 24.3 Å². The molecule has 0 bridgehead atoms. The summed E-state index contributed by atoms with van der Waals surface area (Å²) in [6, 6.07) is 14.3. The fraction of sp³-hybridized carbons (Fsp3) is 0.261. The normalized spacial score (nSPS) is 17.8. The molecule has 3 heterocycles.